The summed E-state index contributed by atoms with van der Waals surface area (Å²) in [7, 11) is 3.28. The first-order chi connectivity index (χ1) is 15.5. The number of methoxy groups -OCH3 is 2. The van der Waals surface area contributed by atoms with Crippen molar-refractivity contribution in [3.63, 3.8) is 0 Å². The highest BCUT2D eigenvalue weighted by Gasteiger charge is 2.53. The average Bonchev–Trinajstić information content (AvgIpc) is 3.50. The molecular weight excluding hydrogens is 404 g/mol. The zero-order chi connectivity index (χ0) is 22.7. The summed E-state index contributed by atoms with van der Waals surface area (Å²) >= 11 is 0. The van der Waals surface area contributed by atoms with E-state index >= 15 is 0 Å². The predicted octanol–water partition coefficient (Wildman–Crippen LogP) is 4.98. The number of aliphatic carboxylic acids is 1. The summed E-state index contributed by atoms with van der Waals surface area (Å²) in [5, 5.41) is 9.51. The Bertz CT molecular complexity index is 996. The fourth-order valence-electron chi connectivity index (χ4n) is 4.50. The van der Waals surface area contributed by atoms with Crippen molar-refractivity contribution in [2.75, 3.05) is 20.8 Å². The minimum Gasteiger partial charge on any atom is -0.497 e. The summed E-state index contributed by atoms with van der Waals surface area (Å²) in [6.45, 7) is 2.31. The third-order valence-electron chi connectivity index (χ3n) is 6.51. The van der Waals surface area contributed by atoms with Gasteiger partial charge in [0, 0.05) is 0 Å². The Hall–Kier alpha value is -3.31. The molecule has 3 aromatic carbocycles. The number of rotatable bonds is 9. The third kappa shape index (κ3) is 3.96. The van der Waals surface area contributed by atoms with Crippen LogP contribution >= 0.6 is 0 Å². The van der Waals surface area contributed by atoms with Crippen molar-refractivity contribution in [3.8, 4) is 11.5 Å². The maximum absolute atomic E-state index is 11.6. The molecule has 0 amide bonds. The first-order valence-corrected chi connectivity index (χ1v) is 10.7. The van der Waals surface area contributed by atoms with Gasteiger partial charge in [-0.25, -0.2) is 0 Å². The van der Waals surface area contributed by atoms with Gasteiger partial charge in [0.25, 0.3) is 0 Å². The van der Waals surface area contributed by atoms with Crippen LogP contribution in [0.2, 0.25) is 0 Å². The van der Waals surface area contributed by atoms with Crippen LogP contribution in [0.15, 0.2) is 78.9 Å². The fourth-order valence-corrected chi connectivity index (χ4v) is 4.50. The van der Waals surface area contributed by atoms with Gasteiger partial charge in [0.05, 0.1) is 26.7 Å². The lowest BCUT2D eigenvalue weighted by atomic mass is 9.80. The quantitative estimate of drug-likeness (QED) is 0.483. The van der Waals surface area contributed by atoms with Gasteiger partial charge in [-0.1, -0.05) is 61.5 Å². The van der Waals surface area contributed by atoms with Gasteiger partial charge in [0.2, 0.25) is 0 Å². The van der Waals surface area contributed by atoms with E-state index in [-0.39, 0.29) is 17.8 Å². The second-order valence-corrected chi connectivity index (χ2v) is 8.20. The Labute approximate surface area is 188 Å². The molecule has 32 heavy (non-hydrogen) atoms. The number of benzene rings is 3. The van der Waals surface area contributed by atoms with E-state index in [1.54, 1.807) is 14.2 Å². The second kappa shape index (κ2) is 9.05. The Morgan fingerprint density at radius 1 is 0.812 bits per heavy atom. The van der Waals surface area contributed by atoms with Crippen molar-refractivity contribution in [1.29, 1.82) is 0 Å². The van der Waals surface area contributed by atoms with E-state index < -0.39 is 11.6 Å². The molecule has 0 aromatic heterocycles. The zero-order valence-corrected chi connectivity index (χ0v) is 18.5. The monoisotopic (exact) mass is 432 g/mol. The predicted molar refractivity (Wildman–Crippen MR) is 122 cm³/mol. The first kappa shape index (κ1) is 21.9. The average molecular weight is 433 g/mol. The third-order valence-corrected chi connectivity index (χ3v) is 6.51. The molecule has 0 spiro atoms. The Morgan fingerprint density at radius 2 is 1.28 bits per heavy atom. The van der Waals surface area contributed by atoms with E-state index in [4.69, 9.17) is 14.2 Å². The van der Waals surface area contributed by atoms with E-state index in [2.05, 4.69) is 0 Å². The van der Waals surface area contributed by atoms with Crippen LogP contribution in [-0.2, 0) is 15.1 Å². The van der Waals surface area contributed by atoms with E-state index in [0.29, 0.717) is 6.61 Å². The molecule has 1 aliphatic rings. The van der Waals surface area contributed by atoms with E-state index in [0.717, 1.165) is 28.2 Å². The summed E-state index contributed by atoms with van der Waals surface area (Å²) < 4.78 is 17.5. The van der Waals surface area contributed by atoms with Crippen molar-refractivity contribution in [2.24, 2.45) is 17.8 Å². The van der Waals surface area contributed by atoms with Crippen LogP contribution < -0.4 is 9.47 Å². The Balaban J connectivity index is 1.83. The normalized spacial score (nSPS) is 19.9. The maximum atomic E-state index is 11.6. The van der Waals surface area contributed by atoms with Crippen molar-refractivity contribution >= 4 is 5.97 Å². The summed E-state index contributed by atoms with van der Waals surface area (Å²) in [4.78, 5) is 11.6. The van der Waals surface area contributed by atoms with Crippen LogP contribution in [0.4, 0.5) is 0 Å². The lowest BCUT2D eigenvalue weighted by Gasteiger charge is -2.36. The molecule has 5 heteroatoms. The van der Waals surface area contributed by atoms with Gasteiger partial charge >= 0.3 is 5.97 Å². The van der Waals surface area contributed by atoms with Gasteiger partial charge in [-0.2, -0.15) is 0 Å². The van der Waals surface area contributed by atoms with E-state index in [1.807, 2.05) is 85.8 Å². The standard InChI is InChI=1S/C27H28O5/c1-18-24(25(18)26(28)29)17-32-27(19-7-5-4-6-8-19,20-9-13-22(30-2)14-10-20)21-11-15-23(31-3)16-12-21/h4-16,18,24-25H,17H2,1-3H3,(H,28,29). The molecule has 1 N–H and O–H groups in total. The van der Waals surface area contributed by atoms with Crippen LogP contribution in [0.5, 0.6) is 11.5 Å². The largest absolute Gasteiger partial charge is 0.497 e. The van der Waals surface area contributed by atoms with Gasteiger partial charge in [-0.15, -0.1) is 0 Å². The first-order valence-electron chi connectivity index (χ1n) is 10.7. The van der Waals surface area contributed by atoms with Crippen molar-refractivity contribution in [2.45, 2.75) is 12.5 Å². The van der Waals surface area contributed by atoms with Crippen molar-refractivity contribution in [1.82, 2.24) is 0 Å². The summed E-state index contributed by atoms with van der Waals surface area (Å²) in [6, 6.07) is 25.7. The van der Waals surface area contributed by atoms with E-state index in [1.165, 1.54) is 0 Å². The Morgan fingerprint density at radius 3 is 1.69 bits per heavy atom. The lowest BCUT2D eigenvalue weighted by molar-refractivity contribution is -0.139. The van der Waals surface area contributed by atoms with Crippen LogP contribution in [0.1, 0.15) is 23.6 Å². The van der Waals surface area contributed by atoms with Crippen LogP contribution in [0.25, 0.3) is 0 Å². The molecule has 3 atom stereocenters. The molecule has 0 heterocycles. The molecule has 4 rings (SSSR count). The molecule has 0 aliphatic heterocycles. The molecule has 3 aromatic rings. The van der Waals surface area contributed by atoms with Gasteiger partial charge in [-0.3, -0.25) is 4.79 Å². The van der Waals surface area contributed by atoms with Gasteiger partial charge in [0.15, 0.2) is 0 Å². The highest BCUT2D eigenvalue weighted by Crippen LogP contribution is 2.49. The smallest absolute Gasteiger partial charge is 0.307 e. The lowest BCUT2D eigenvalue weighted by Crippen LogP contribution is -2.34. The summed E-state index contributed by atoms with van der Waals surface area (Å²) in [6.07, 6.45) is 0. The number of carbonyl (C=O) groups is 1. The minimum atomic E-state index is -0.912. The van der Waals surface area contributed by atoms with Crippen molar-refractivity contribution in [3.05, 3.63) is 95.6 Å². The SMILES string of the molecule is COc1ccc(C(OCC2C(C)C2C(=O)O)(c2ccccc2)c2ccc(OC)cc2)cc1. The van der Waals surface area contributed by atoms with Gasteiger partial charge < -0.3 is 19.3 Å². The molecule has 5 nitrogen and oxygen atoms in total. The Kier molecular flexibility index (Phi) is 6.19. The molecule has 1 fully saturated rings. The zero-order valence-electron chi connectivity index (χ0n) is 18.5. The molecule has 0 saturated heterocycles. The number of carboxylic acids is 1. The second-order valence-electron chi connectivity index (χ2n) is 8.20. The number of carboxylic acid groups (broad SMARTS) is 1. The summed E-state index contributed by atoms with van der Waals surface area (Å²) in [5.74, 6) is 0.458. The summed E-state index contributed by atoms with van der Waals surface area (Å²) in [5.41, 5.74) is 1.94. The topological polar surface area (TPSA) is 65.0 Å². The molecule has 0 radical (unpaired) electrons. The molecule has 1 aliphatic carbocycles. The fraction of sp³-hybridized carbons (Fsp3) is 0.296. The minimum absolute atomic E-state index is 0.0212. The molecule has 3 unspecified atom stereocenters. The molecule has 166 valence electrons. The van der Waals surface area contributed by atoms with Crippen LogP contribution in [0.3, 0.4) is 0 Å². The number of ether oxygens (including phenoxy) is 3. The van der Waals surface area contributed by atoms with Crippen LogP contribution in [0, 0.1) is 17.8 Å². The highest BCUT2D eigenvalue weighted by atomic mass is 16.5. The van der Waals surface area contributed by atoms with Gasteiger partial charge in [-0.05, 0) is 52.8 Å². The van der Waals surface area contributed by atoms with Gasteiger partial charge in [0.1, 0.15) is 17.1 Å². The highest BCUT2D eigenvalue weighted by molar-refractivity contribution is 5.74. The molecular formula is C27H28O5. The molecule has 0 bridgehead atoms. The van der Waals surface area contributed by atoms with Crippen molar-refractivity contribution < 1.29 is 24.1 Å². The number of hydrogen-bond acceptors (Lipinski definition) is 4. The van der Waals surface area contributed by atoms with E-state index in [9.17, 15) is 9.90 Å². The van der Waals surface area contributed by atoms with Crippen LogP contribution in [-0.4, -0.2) is 31.9 Å². The molecule has 1 saturated carbocycles. The number of hydrogen-bond donors (Lipinski definition) is 1. The maximum Gasteiger partial charge on any atom is 0.307 e.